The maximum absolute atomic E-state index is 6.13. The lowest BCUT2D eigenvalue weighted by Gasteiger charge is -2.20. The number of hydrogen-bond acceptors (Lipinski definition) is 3. The average Bonchev–Trinajstić information content (AvgIpc) is 3.45. The second kappa shape index (κ2) is 7.76. The molecule has 6 heteroatoms. The molecule has 0 aliphatic rings. The zero-order chi connectivity index (χ0) is 20.5. The number of imidazole rings is 1. The van der Waals surface area contributed by atoms with Crippen LogP contribution in [0, 0.1) is 0 Å². The summed E-state index contributed by atoms with van der Waals surface area (Å²) >= 11 is 6.13. The van der Waals surface area contributed by atoms with Gasteiger partial charge in [-0.15, -0.1) is 5.10 Å². The maximum Gasteiger partial charge on any atom is 0.113 e. The van der Waals surface area contributed by atoms with Crippen molar-refractivity contribution in [2.75, 3.05) is 0 Å². The first-order valence-corrected chi connectivity index (χ1v) is 10.2. The predicted octanol–water partition coefficient (Wildman–Crippen LogP) is 5.53. The molecular formula is C24H20ClN5. The van der Waals surface area contributed by atoms with E-state index in [0.29, 0.717) is 0 Å². The van der Waals surface area contributed by atoms with E-state index in [9.17, 15) is 0 Å². The summed E-state index contributed by atoms with van der Waals surface area (Å²) < 4.78 is 4.08. The van der Waals surface area contributed by atoms with Crippen molar-refractivity contribution < 1.29 is 0 Å². The zero-order valence-electron chi connectivity index (χ0n) is 16.4. The second-order valence-electron chi connectivity index (χ2n) is 7.33. The molecule has 30 heavy (non-hydrogen) atoms. The number of fused-ring (bicyclic) bond motifs is 1. The van der Waals surface area contributed by atoms with Gasteiger partial charge >= 0.3 is 0 Å². The van der Waals surface area contributed by atoms with E-state index in [1.807, 2.05) is 53.6 Å². The lowest BCUT2D eigenvalue weighted by Crippen LogP contribution is -2.12. The van der Waals surface area contributed by atoms with E-state index in [2.05, 4.69) is 63.2 Å². The minimum Gasteiger partial charge on any atom is -0.326 e. The molecule has 5 nitrogen and oxygen atoms in total. The highest BCUT2D eigenvalue weighted by Gasteiger charge is 2.19. The summed E-state index contributed by atoms with van der Waals surface area (Å²) in [6.07, 6.45) is 5.61. The first-order valence-electron chi connectivity index (χ1n) is 9.83. The van der Waals surface area contributed by atoms with Crippen molar-refractivity contribution in [1.29, 1.82) is 0 Å². The normalized spacial score (nSPS) is 13.4. The number of rotatable bonds is 5. The molecule has 2 atom stereocenters. The Kier molecular flexibility index (Phi) is 4.81. The largest absolute Gasteiger partial charge is 0.326 e. The first-order chi connectivity index (χ1) is 14.7. The minimum absolute atomic E-state index is 0.0236. The topological polar surface area (TPSA) is 48.5 Å². The molecular weight excluding hydrogens is 394 g/mol. The predicted molar refractivity (Wildman–Crippen MR) is 119 cm³/mol. The van der Waals surface area contributed by atoms with Gasteiger partial charge in [-0.2, -0.15) is 0 Å². The summed E-state index contributed by atoms with van der Waals surface area (Å²) in [6, 6.07) is 24.7. The van der Waals surface area contributed by atoms with E-state index in [1.54, 1.807) is 6.20 Å². The molecule has 0 bridgehead atoms. The number of benzene rings is 3. The van der Waals surface area contributed by atoms with Crippen LogP contribution in [0.4, 0.5) is 0 Å². The average molecular weight is 414 g/mol. The summed E-state index contributed by atoms with van der Waals surface area (Å²) in [5.74, 6) is 0. The van der Waals surface area contributed by atoms with E-state index in [4.69, 9.17) is 11.6 Å². The van der Waals surface area contributed by atoms with Crippen LogP contribution in [-0.4, -0.2) is 24.5 Å². The second-order valence-corrected chi connectivity index (χ2v) is 7.77. The third-order valence-electron chi connectivity index (χ3n) is 5.47. The van der Waals surface area contributed by atoms with Gasteiger partial charge in [0.25, 0.3) is 0 Å². The Morgan fingerprint density at radius 2 is 1.63 bits per heavy atom. The molecule has 148 valence electrons. The van der Waals surface area contributed by atoms with Crippen molar-refractivity contribution in [3.05, 3.63) is 113 Å². The molecule has 2 aromatic heterocycles. The molecule has 0 amide bonds. The third kappa shape index (κ3) is 3.37. The van der Waals surface area contributed by atoms with Gasteiger partial charge < -0.3 is 4.57 Å². The number of hydrogen-bond donors (Lipinski definition) is 0. The van der Waals surface area contributed by atoms with E-state index < -0.39 is 0 Å². The Labute approximate surface area is 179 Å². The Balaban J connectivity index is 1.63. The molecule has 0 saturated carbocycles. The molecule has 2 unspecified atom stereocenters. The van der Waals surface area contributed by atoms with E-state index >= 15 is 0 Å². The van der Waals surface area contributed by atoms with E-state index in [1.165, 1.54) is 5.56 Å². The molecule has 0 N–H and O–H groups in total. The van der Waals surface area contributed by atoms with Crippen LogP contribution in [-0.2, 0) is 0 Å². The SMILES string of the molecule is CC(c1ccccc1)n1nnc2ccc(C(c3ccc(Cl)cc3)n3ccnc3)cc21. The van der Waals surface area contributed by atoms with Crippen molar-refractivity contribution in [1.82, 2.24) is 24.5 Å². The van der Waals surface area contributed by atoms with E-state index in [0.717, 1.165) is 27.2 Å². The summed E-state index contributed by atoms with van der Waals surface area (Å²) in [4.78, 5) is 4.26. The molecule has 3 aromatic carbocycles. The molecule has 0 radical (unpaired) electrons. The van der Waals surface area contributed by atoms with Crippen molar-refractivity contribution >= 4 is 22.6 Å². The fourth-order valence-corrected chi connectivity index (χ4v) is 4.01. The Morgan fingerprint density at radius 1 is 0.867 bits per heavy atom. The standard InChI is InChI=1S/C24H20ClN5/c1-17(18-5-3-2-4-6-18)30-23-15-20(9-12-22(23)27-28-30)24(29-14-13-26-16-29)19-7-10-21(25)11-8-19/h2-17,24H,1H3. The van der Waals surface area contributed by atoms with Crippen molar-refractivity contribution in [2.45, 2.75) is 19.0 Å². The Bertz CT molecular complexity index is 1260. The van der Waals surface area contributed by atoms with Crippen LogP contribution in [0.3, 0.4) is 0 Å². The monoisotopic (exact) mass is 413 g/mol. The molecule has 2 heterocycles. The van der Waals surface area contributed by atoms with Crippen LogP contribution in [0.2, 0.25) is 5.02 Å². The quantitative estimate of drug-likeness (QED) is 0.380. The Morgan fingerprint density at radius 3 is 2.37 bits per heavy atom. The van der Waals surface area contributed by atoms with Gasteiger partial charge in [-0.1, -0.05) is 65.3 Å². The van der Waals surface area contributed by atoms with Crippen LogP contribution in [0.25, 0.3) is 11.0 Å². The van der Waals surface area contributed by atoms with Crippen molar-refractivity contribution in [3.8, 4) is 0 Å². The van der Waals surface area contributed by atoms with Gasteiger partial charge in [-0.05, 0) is 47.9 Å². The molecule has 0 saturated heterocycles. The van der Waals surface area contributed by atoms with Gasteiger partial charge in [-0.3, -0.25) is 0 Å². The maximum atomic E-state index is 6.13. The zero-order valence-corrected chi connectivity index (χ0v) is 17.2. The van der Waals surface area contributed by atoms with Crippen molar-refractivity contribution in [3.63, 3.8) is 0 Å². The van der Waals surface area contributed by atoms with Crippen LogP contribution >= 0.6 is 11.6 Å². The molecule has 5 rings (SSSR count). The number of nitrogens with zero attached hydrogens (tertiary/aromatic N) is 5. The molecule has 0 fully saturated rings. The highest BCUT2D eigenvalue weighted by atomic mass is 35.5. The van der Waals surface area contributed by atoms with Gasteiger partial charge in [0.05, 0.1) is 23.9 Å². The van der Waals surface area contributed by atoms with Crippen LogP contribution in [0.1, 0.15) is 35.7 Å². The summed E-state index contributed by atoms with van der Waals surface area (Å²) in [5, 5.41) is 9.56. The fraction of sp³-hybridized carbons (Fsp3) is 0.125. The van der Waals surface area contributed by atoms with Gasteiger partial charge in [0.15, 0.2) is 0 Å². The number of halogens is 1. The first kappa shape index (κ1) is 18.6. The molecule has 0 aliphatic carbocycles. The smallest absolute Gasteiger partial charge is 0.113 e. The van der Waals surface area contributed by atoms with Crippen LogP contribution in [0.15, 0.2) is 91.5 Å². The highest BCUT2D eigenvalue weighted by molar-refractivity contribution is 6.30. The summed E-state index contributed by atoms with van der Waals surface area (Å²) in [6.45, 7) is 2.14. The van der Waals surface area contributed by atoms with Gasteiger partial charge in [0.2, 0.25) is 0 Å². The van der Waals surface area contributed by atoms with Crippen LogP contribution in [0.5, 0.6) is 0 Å². The number of aromatic nitrogens is 5. The van der Waals surface area contributed by atoms with Crippen molar-refractivity contribution in [2.24, 2.45) is 0 Å². The lowest BCUT2D eigenvalue weighted by atomic mass is 9.98. The van der Waals surface area contributed by atoms with Gasteiger partial charge in [0.1, 0.15) is 5.52 Å². The highest BCUT2D eigenvalue weighted by Crippen LogP contribution is 2.30. The molecule has 5 aromatic rings. The molecule has 0 spiro atoms. The third-order valence-corrected chi connectivity index (χ3v) is 5.72. The summed E-state index contributed by atoms with van der Waals surface area (Å²) in [5.41, 5.74) is 5.34. The Hall–Kier alpha value is -3.44. The van der Waals surface area contributed by atoms with Gasteiger partial charge in [-0.25, -0.2) is 9.67 Å². The lowest BCUT2D eigenvalue weighted by molar-refractivity contribution is 0.559. The molecule has 0 aliphatic heterocycles. The van der Waals surface area contributed by atoms with Gasteiger partial charge in [0, 0.05) is 17.4 Å². The summed E-state index contributed by atoms with van der Waals surface area (Å²) in [7, 11) is 0. The fourth-order valence-electron chi connectivity index (χ4n) is 3.89. The minimum atomic E-state index is -0.0236. The van der Waals surface area contributed by atoms with E-state index in [-0.39, 0.29) is 12.1 Å². The van der Waals surface area contributed by atoms with Crippen LogP contribution < -0.4 is 0 Å².